The van der Waals surface area contributed by atoms with Crippen molar-refractivity contribution in [3.8, 4) is 6.07 Å². The molecule has 1 heterocycles. The molecule has 2 aliphatic rings. The van der Waals surface area contributed by atoms with Crippen molar-refractivity contribution in [2.75, 3.05) is 39.9 Å². The quantitative estimate of drug-likeness (QED) is 0.494. The molecule has 2 amide bonds. The first-order valence-electron chi connectivity index (χ1n) is 10.3. The van der Waals surface area contributed by atoms with Crippen LogP contribution in [0.5, 0.6) is 0 Å². The maximum Gasteiger partial charge on any atom is 0.235 e. The number of methoxy groups -OCH3 is 1. The van der Waals surface area contributed by atoms with Gasteiger partial charge in [-0.15, -0.1) is 0 Å². The average Bonchev–Trinajstić information content (AvgIpc) is 2.91. The Labute approximate surface area is 162 Å². The molecule has 0 atom stereocenters. The summed E-state index contributed by atoms with van der Waals surface area (Å²) in [6.07, 6.45) is 8.14. The first-order valence-corrected chi connectivity index (χ1v) is 10.3. The number of likely N-dealkylation sites (tertiary alicyclic amines) is 1. The standard InChI is InChI=1S/C20H34N4O3/c1-27-14-6-11-22-19(26)17-7-12-24(13-8-17)15-18(25)23-20(16-21)9-4-2-3-5-10-20/h17H,2-15H2,1H3,(H,22,26)(H,23,25). The lowest BCUT2D eigenvalue weighted by atomic mass is 9.91. The van der Waals surface area contributed by atoms with E-state index in [2.05, 4.69) is 21.6 Å². The van der Waals surface area contributed by atoms with Gasteiger partial charge in [0, 0.05) is 26.2 Å². The van der Waals surface area contributed by atoms with Crippen LogP contribution in [-0.4, -0.2) is 62.1 Å². The molecule has 7 heteroatoms. The van der Waals surface area contributed by atoms with Crippen molar-refractivity contribution in [2.24, 2.45) is 5.92 Å². The molecular formula is C20H34N4O3. The Kier molecular flexibility index (Phi) is 9.02. The van der Waals surface area contributed by atoms with Crippen molar-refractivity contribution >= 4 is 11.8 Å². The van der Waals surface area contributed by atoms with Crippen molar-refractivity contribution in [2.45, 2.75) is 63.3 Å². The first-order chi connectivity index (χ1) is 13.1. The van der Waals surface area contributed by atoms with Crippen molar-refractivity contribution < 1.29 is 14.3 Å². The third-order valence-corrected chi connectivity index (χ3v) is 5.70. The normalized spacial score (nSPS) is 21.0. The fourth-order valence-corrected chi connectivity index (χ4v) is 4.03. The van der Waals surface area contributed by atoms with Gasteiger partial charge in [-0.2, -0.15) is 5.26 Å². The summed E-state index contributed by atoms with van der Waals surface area (Å²) in [5.41, 5.74) is -0.687. The number of hydrogen-bond acceptors (Lipinski definition) is 5. The highest BCUT2D eigenvalue weighted by atomic mass is 16.5. The number of carbonyl (C=O) groups is 2. The molecule has 1 aliphatic heterocycles. The van der Waals surface area contributed by atoms with Gasteiger partial charge in [-0.3, -0.25) is 14.5 Å². The van der Waals surface area contributed by atoms with E-state index < -0.39 is 5.54 Å². The number of hydrogen-bond donors (Lipinski definition) is 2. The van der Waals surface area contributed by atoms with Crippen LogP contribution in [0.25, 0.3) is 0 Å². The molecule has 1 saturated heterocycles. The second-order valence-corrected chi connectivity index (χ2v) is 7.84. The largest absolute Gasteiger partial charge is 0.385 e. The number of piperidine rings is 1. The Morgan fingerprint density at radius 2 is 1.85 bits per heavy atom. The fourth-order valence-electron chi connectivity index (χ4n) is 4.03. The van der Waals surface area contributed by atoms with Crippen LogP contribution in [0.1, 0.15) is 57.8 Å². The zero-order valence-electron chi connectivity index (χ0n) is 16.6. The molecule has 0 unspecified atom stereocenters. The van der Waals surface area contributed by atoms with E-state index in [4.69, 9.17) is 4.74 Å². The molecule has 1 aliphatic carbocycles. The lowest BCUT2D eigenvalue weighted by Crippen LogP contribution is -2.51. The molecule has 152 valence electrons. The summed E-state index contributed by atoms with van der Waals surface area (Å²) < 4.78 is 4.98. The predicted octanol–water partition coefficient (Wildman–Crippen LogP) is 1.58. The zero-order chi connectivity index (χ0) is 19.5. The number of rotatable bonds is 8. The van der Waals surface area contributed by atoms with Crippen LogP contribution < -0.4 is 10.6 Å². The monoisotopic (exact) mass is 378 g/mol. The van der Waals surface area contributed by atoms with Gasteiger partial charge < -0.3 is 15.4 Å². The number of ether oxygens (including phenoxy) is 1. The Morgan fingerprint density at radius 3 is 2.44 bits per heavy atom. The zero-order valence-corrected chi connectivity index (χ0v) is 16.6. The second kappa shape index (κ2) is 11.3. The van der Waals surface area contributed by atoms with Gasteiger partial charge in [-0.25, -0.2) is 0 Å². The van der Waals surface area contributed by atoms with E-state index in [9.17, 15) is 14.9 Å². The van der Waals surface area contributed by atoms with Crippen LogP contribution in [0, 0.1) is 17.2 Å². The molecule has 2 rings (SSSR count). The van der Waals surface area contributed by atoms with Gasteiger partial charge >= 0.3 is 0 Å². The Morgan fingerprint density at radius 1 is 1.19 bits per heavy atom. The van der Waals surface area contributed by atoms with Gasteiger partial charge in [0.1, 0.15) is 5.54 Å². The van der Waals surface area contributed by atoms with Gasteiger partial charge in [-0.1, -0.05) is 25.7 Å². The summed E-state index contributed by atoms with van der Waals surface area (Å²) in [6.45, 7) is 3.08. The van der Waals surface area contributed by atoms with Crippen molar-refractivity contribution in [1.29, 1.82) is 5.26 Å². The molecule has 0 aromatic heterocycles. The van der Waals surface area contributed by atoms with E-state index >= 15 is 0 Å². The SMILES string of the molecule is COCCCNC(=O)C1CCN(CC(=O)NC2(C#N)CCCCCC2)CC1. The smallest absolute Gasteiger partial charge is 0.235 e. The average molecular weight is 379 g/mol. The molecule has 2 fully saturated rings. The Hall–Kier alpha value is -1.65. The molecule has 27 heavy (non-hydrogen) atoms. The van der Waals surface area contributed by atoms with Crippen molar-refractivity contribution in [3.05, 3.63) is 0 Å². The molecule has 0 spiro atoms. The summed E-state index contributed by atoms with van der Waals surface area (Å²) in [6, 6.07) is 2.36. The number of amides is 2. The van der Waals surface area contributed by atoms with Crippen LogP contribution in [0.3, 0.4) is 0 Å². The molecule has 0 aromatic carbocycles. The summed E-state index contributed by atoms with van der Waals surface area (Å²) in [5.74, 6) is 0.0668. The molecule has 0 radical (unpaired) electrons. The maximum atomic E-state index is 12.5. The van der Waals surface area contributed by atoms with Crippen LogP contribution >= 0.6 is 0 Å². The minimum atomic E-state index is -0.687. The van der Waals surface area contributed by atoms with E-state index in [1.807, 2.05) is 0 Å². The third-order valence-electron chi connectivity index (χ3n) is 5.70. The molecule has 7 nitrogen and oxygen atoms in total. The van der Waals surface area contributed by atoms with E-state index in [0.717, 1.165) is 70.9 Å². The first kappa shape index (κ1) is 21.6. The van der Waals surface area contributed by atoms with E-state index in [1.165, 1.54) is 0 Å². The van der Waals surface area contributed by atoms with Crippen molar-refractivity contribution in [1.82, 2.24) is 15.5 Å². The maximum absolute atomic E-state index is 12.5. The van der Waals surface area contributed by atoms with E-state index in [1.54, 1.807) is 7.11 Å². The lowest BCUT2D eigenvalue weighted by molar-refractivity contribution is -0.127. The predicted molar refractivity (Wildman–Crippen MR) is 103 cm³/mol. The van der Waals surface area contributed by atoms with Gasteiger partial charge in [0.05, 0.1) is 12.6 Å². The highest BCUT2D eigenvalue weighted by Gasteiger charge is 2.33. The van der Waals surface area contributed by atoms with E-state index in [-0.39, 0.29) is 17.7 Å². The summed E-state index contributed by atoms with van der Waals surface area (Å²) in [4.78, 5) is 26.7. The molecule has 2 N–H and O–H groups in total. The van der Waals surface area contributed by atoms with Gasteiger partial charge in [0.2, 0.25) is 11.8 Å². The number of nitriles is 1. The molecule has 0 bridgehead atoms. The van der Waals surface area contributed by atoms with Crippen LogP contribution in [0.15, 0.2) is 0 Å². The molecule has 0 aromatic rings. The topological polar surface area (TPSA) is 94.5 Å². The van der Waals surface area contributed by atoms with Crippen molar-refractivity contribution in [3.63, 3.8) is 0 Å². The second-order valence-electron chi connectivity index (χ2n) is 7.84. The number of nitrogens with one attached hydrogen (secondary N) is 2. The van der Waals surface area contributed by atoms with E-state index in [0.29, 0.717) is 19.7 Å². The van der Waals surface area contributed by atoms with Gasteiger partial charge in [0.25, 0.3) is 0 Å². The highest BCUT2D eigenvalue weighted by molar-refractivity contribution is 5.80. The molecular weight excluding hydrogens is 344 g/mol. The van der Waals surface area contributed by atoms with Crippen LogP contribution in [0.2, 0.25) is 0 Å². The Bertz CT molecular complexity index is 516. The lowest BCUT2D eigenvalue weighted by Gasteiger charge is -2.32. The minimum Gasteiger partial charge on any atom is -0.385 e. The Balaban J connectivity index is 1.71. The third kappa shape index (κ3) is 7.11. The number of nitrogens with zero attached hydrogens (tertiary/aromatic N) is 2. The summed E-state index contributed by atoms with van der Waals surface area (Å²) >= 11 is 0. The fraction of sp³-hybridized carbons (Fsp3) is 0.850. The van der Waals surface area contributed by atoms with Crippen LogP contribution in [0.4, 0.5) is 0 Å². The number of carbonyl (C=O) groups excluding carboxylic acids is 2. The van der Waals surface area contributed by atoms with Gasteiger partial charge in [0.15, 0.2) is 0 Å². The summed E-state index contributed by atoms with van der Waals surface area (Å²) in [5, 5.41) is 15.6. The minimum absolute atomic E-state index is 0.0270. The molecule has 1 saturated carbocycles. The summed E-state index contributed by atoms with van der Waals surface area (Å²) in [7, 11) is 1.65. The highest BCUT2D eigenvalue weighted by Crippen LogP contribution is 2.26. The van der Waals surface area contributed by atoms with Gasteiger partial charge in [-0.05, 0) is 45.2 Å². The van der Waals surface area contributed by atoms with Crippen LogP contribution in [-0.2, 0) is 14.3 Å².